The molecule has 0 unspecified atom stereocenters. The molecule has 0 radical (unpaired) electrons. The molecule has 8 heteroatoms. The number of amides is 1. The zero-order valence-electron chi connectivity index (χ0n) is 16.2. The Kier molecular flexibility index (Phi) is 7.37. The van der Waals surface area contributed by atoms with Gasteiger partial charge in [0.25, 0.3) is 0 Å². The minimum Gasteiger partial charge on any atom is -0.337 e. The predicted molar refractivity (Wildman–Crippen MR) is 98.9 cm³/mol. The van der Waals surface area contributed by atoms with Crippen molar-refractivity contribution in [1.29, 1.82) is 0 Å². The van der Waals surface area contributed by atoms with Crippen LogP contribution in [-0.2, 0) is 21.4 Å². The van der Waals surface area contributed by atoms with Gasteiger partial charge in [0.2, 0.25) is 15.9 Å². The van der Waals surface area contributed by atoms with Crippen LogP contribution in [0.15, 0.2) is 17.0 Å². The van der Waals surface area contributed by atoms with Gasteiger partial charge in [-0.2, -0.15) is 9.40 Å². The molecule has 1 aromatic heterocycles. The maximum atomic E-state index is 12.8. The van der Waals surface area contributed by atoms with Crippen molar-refractivity contribution in [2.24, 2.45) is 0 Å². The first-order valence-corrected chi connectivity index (χ1v) is 10.00. The fourth-order valence-corrected chi connectivity index (χ4v) is 4.66. The lowest BCUT2D eigenvalue weighted by atomic mass is 10.3. The molecule has 0 bridgehead atoms. The van der Waals surface area contributed by atoms with E-state index in [1.165, 1.54) is 8.99 Å². The topological polar surface area (TPSA) is 75.5 Å². The van der Waals surface area contributed by atoms with Gasteiger partial charge < -0.3 is 4.90 Å². The number of likely N-dealkylation sites (N-methyl/N-ethyl adjacent to an activating group) is 1. The lowest BCUT2D eigenvalue weighted by Gasteiger charge is -2.21. The number of nitrogens with zero attached hydrogens (tertiary/aromatic N) is 4. The van der Waals surface area contributed by atoms with E-state index in [9.17, 15) is 13.2 Å². The fourth-order valence-electron chi connectivity index (χ4n) is 2.83. The number of rotatable bonds is 9. The Hall–Kier alpha value is -1.67. The average molecular weight is 371 g/mol. The highest BCUT2D eigenvalue weighted by Crippen LogP contribution is 2.23. The van der Waals surface area contributed by atoms with Crippen molar-refractivity contribution in [3.05, 3.63) is 23.5 Å². The third kappa shape index (κ3) is 4.70. The molecule has 0 aliphatic rings. The van der Waals surface area contributed by atoms with E-state index < -0.39 is 10.0 Å². The molecule has 0 aromatic carbocycles. The second-order valence-corrected chi connectivity index (χ2v) is 7.99. The molecule has 0 atom stereocenters. The fraction of sp³-hybridized carbons (Fsp3) is 0.647. The van der Waals surface area contributed by atoms with Gasteiger partial charge in [0, 0.05) is 26.2 Å². The normalized spacial score (nSPS) is 11.8. The number of carbonyl (C=O) groups excluding carboxylic acids is 1. The zero-order valence-corrected chi connectivity index (χ0v) is 17.0. The van der Waals surface area contributed by atoms with E-state index in [0.717, 1.165) is 5.57 Å². The number of hydrogen-bond acceptors (Lipinski definition) is 4. The van der Waals surface area contributed by atoms with E-state index in [4.69, 9.17) is 0 Å². The van der Waals surface area contributed by atoms with Crippen molar-refractivity contribution in [1.82, 2.24) is 19.0 Å². The molecule has 1 aromatic rings. The number of carbonyl (C=O) groups is 1. The van der Waals surface area contributed by atoms with E-state index in [2.05, 4.69) is 11.7 Å². The summed E-state index contributed by atoms with van der Waals surface area (Å²) in [4.78, 5) is 14.4. The molecule has 1 rings (SSSR count). The molecular weight excluding hydrogens is 340 g/mol. The van der Waals surface area contributed by atoms with Gasteiger partial charge in [0.15, 0.2) is 0 Å². The summed E-state index contributed by atoms with van der Waals surface area (Å²) in [5.74, 6) is -0.108. The minimum atomic E-state index is -3.61. The lowest BCUT2D eigenvalue weighted by Crippen LogP contribution is -2.35. The first-order chi connectivity index (χ1) is 11.6. The number of aryl methyl sites for hydroxylation is 1. The minimum absolute atomic E-state index is 0.0154. The molecule has 0 N–H and O–H groups in total. The Morgan fingerprint density at radius 3 is 2.16 bits per heavy atom. The van der Waals surface area contributed by atoms with Crippen LogP contribution in [0.3, 0.4) is 0 Å². The molecule has 0 aliphatic carbocycles. The Morgan fingerprint density at radius 2 is 1.72 bits per heavy atom. The highest BCUT2D eigenvalue weighted by Gasteiger charge is 2.29. The van der Waals surface area contributed by atoms with Crippen molar-refractivity contribution in [3.8, 4) is 0 Å². The Balaban J connectivity index is 3.18. The Labute approximate surface area is 151 Å². The van der Waals surface area contributed by atoms with Gasteiger partial charge in [0.05, 0.1) is 11.4 Å². The number of sulfonamides is 1. The summed E-state index contributed by atoms with van der Waals surface area (Å²) >= 11 is 0. The Bertz CT molecular complexity index is 733. The highest BCUT2D eigenvalue weighted by molar-refractivity contribution is 7.89. The van der Waals surface area contributed by atoms with Crippen LogP contribution in [0.25, 0.3) is 0 Å². The lowest BCUT2D eigenvalue weighted by molar-refractivity contribution is -0.131. The van der Waals surface area contributed by atoms with Crippen molar-refractivity contribution >= 4 is 15.9 Å². The van der Waals surface area contributed by atoms with E-state index in [1.54, 1.807) is 32.6 Å². The van der Waals surface area contributed by atoms with Gasteiger partial charge in [-0.1, -0.05) is 26.0 Å². The number of aromatic nitrogens is 2. The van der Waals surface area contributed by atoms with Gasteiger partial charge in [-0.05, 0) is 27.7 Å². The third-order valence-electron chi connectivity index (χ3n) is 4.10. The van der Waals surface area contributed by atoms with Crippen LogP contribution in [0.4, 0.5) is 0 Å². The molecule has 142 valence electrons. The zero-order chi connectivity index (χ0) is 19.4. The molecule has 0 aliphatic heterocycles. The van der Waals surface area contributed by atoms with Gasteiger partial charge >= 0.3 is 0 Å². The quantitative estimate of drug-likeness (QED) is 0.623. The molecule has 0 fully saturated rings. The maximum absolute atomic E-state index is 12.8. The van der Waals surface area contributed by atoms with Crippen LogP contribution < -0.4 is 0 Å². The molecule has 25 heavy (non-hydrogen) atoms. The summed E-state index contributed by atoms with van der Waals surface area (Å²) < 4.78 is 28.6. The SMILES string of the molecule is C=C(C)CN(CC)C(=O)Cn1nc(C)c(S(=O)(=O)N(CC)CC)c1C. The van der Waals surface area contributed by atoms with Crippen molar-refractivity contribution in [2.75, 3.05) is 26.2 Å². The third-order valence-corrected chi connectivity index (χ3v) is 6.40. The average Bonchev–Trinajstić information content (AvgIpc) is 2.79. The summed E-state index contributed by atoms with van der Waals surface area (Å²) in [5, 5.41) is 4.30. The summed E-state index contributed by atoms with van der Waals surface area (Å²) in [6.07, 6.45) is 0. The Morgan fingerprint density at radius 1 is 1.16 bits per heavy atom. The summed E-state index contributed by atoms with van der Waals surface area (Å²) in [6.45, 7) is 16.4. The molecule has 0 saturated carbocycles. The molecule has 7 nitrogen and oxygen atoms in total. The van der Waals surface area contributed by atoms with Gasteiger partial charge in [-0.25, -0.2) is 8.42 Å². The monoisotopic (exact) mass is 370 g/mol. The summed E-state index contributed by atoms with van der Waals surface area (Å²) in [7, 11) is -3.61. The summed E-state index contributed by atoms with van der Waals surface area (Å²) in [5.41, 5.74) is 1.80. The second-order valence-electron chi connectivity index (χ2n) is 6.11. The van der Waals surface area contributed by atoms with E-state index in [0.29, 0.717) is 37.6 Å². The first kappa shape index (κ1) is 21.4. The molecular formula is C17H30N4O3S. The van der Waals surface area contributed by atoms with Crippen molar-refractivity contribution in [3.63, 3.8) is 0 Å². The smallest absolute Gasteiger partial charge is 0.246 e. The van der Waals surface area contributed by atoms with E-state index >= 15 is 0 Å². The maximum Gasteiger partial charge on any atom is 0.246 e. The van der Waals surface area contributed by atoms with Crippen LogP contribution >= 0.6 is 0 Å². The molecule has 0 saturated heterocycles. The van der Waals surface area contributed by atoms with Crippen molar-refractivity contribution < 1.29 is 13.2 Å². The predicted octanol–water partition coefficient (Wildman–Crippen LogP) is 1.96. The highest BCUT2D eigenvalue weighted by atomic mass is 32.2. The summed E-state index contributed by atoms with van der Waals surface area (Å²) in [6, 6.07) is 0. The van der Waals surface area contributed by atoms with Crippen LogP contribution in [0.1, 0.15) is 39.1 Å². The van der Waals surface area contributed by atoms with E-state index in [-0.39, 0.29) is 17.3 Å². The largest absolute Gasteiger partial charge is 0.337 e. The number of hydrogen-bond donors (Lipinski definition) is 0. The van der Waals surface area contributed by atoms with Gasteiger partial charge in [-0.15, -0.1) is 0 Å². The first-order valence-electron chi connectivity index (χ1n) is 8.56. The van der Waals surface area contributed by atoms with Crippen LogP contribution in [-0.4, -0.2) is 59.5 Å². The van der Waals surface area contributed by atoms with Crippen molar-refractivity contribution in [2.45, 2.75) is 53.0 Å². The van der Waals surface area contributed by atoms with Crippen LogP contribution in [0.5, 0.6) is 0 Å². The molecule has 1 amide bonds. The van der Waals surface area contributed by atoms with Gasteiger partial charge in [-0.3, -0.25) is 9.48 Å². The molecule has 0 spiro atoms. The standard InChI is InChI=1S/C17H30N4O3S/c1-8-19(11-13(4)5)16(22)12-21-15(7)17(14(6)18-21)25(23,24)20(9-2)10-3/h4,8-12H2,1-3,5-7H3. The van der Waals surface area contributed by atoms with Crippen LogP contribution in [0.2, 0.25) is 0 Å². The second kappa shape index (κ2) is 8.62. The van der Waals surface area contributed by atoms with Crippen LogP contribution in [0, 0.1) is 13.8 Å². The molecule has 1 heterocycles. The van der Waals surface area contributed by atoms with Gasteiger partial charge in [0.1, 0.15) is 11.4 Å². The van der Waals surface area contributed by atoms with E-state index in [1.807, 2.05) is 13.8 Å².